The molecule has 2 aromatic rings. The lowest BCUT2D eigenvalue weighted by atomic mass is 10.1. The van der Waals surface area contributed by atoms with Crippen molar-refractivity contribution >= 4 is 5.96 Å². The maximum absolute atomic E-state index is 5.38. The fraction of sp³-hybridized carbons (Fsp3) is 0.435. The van der Waals surface area contributed by atoms with E-state index in [9.17, 15) is 0 Å². The quantitative estimate of drug-likeness (QED) is 0.476. The van der Waals surface area contributed by atoms with Crippen LogP contribution in [0.15, 0.2) is 47.5 Å². The number of hydrogen-bond donors (Lipinski definition) is 2. The van der Waals surface area contributed by atoms with Crippen LogP contribution in [0.5, 0.6) is 11.5 Å². The van der Waals surface area contributed by atoms with E-state index in [4.69, 9.17) is 14.5 Å². The highest BCUT2D eigenvalue weighted by Crippen LogP contribution is 2.27. The largest absolute Gasteiger partial charge is 0.493 e. The number of benzene rings is 2. The number of methoxy groups -OCH3 is 2. The van der Waals surface area contributed by atoms with Crippen molar-refractivity contribution in [2.24, 2.45) is 4.99 Å². The first kappa shape index (κ1) is 22.6. The number of guanidine groups is 1. The third-order valence-electron chi connectivity index (χ3n) is 4.44. The van der Waals surface area contributed by atoms with Gasteiger partial charge in [-0.1, -0.05) is 30.3 Å². The molecule has 0 saturated carbocycles. The van der Waals surface area contributed by atoms with Gasteiger partial charge in [-0.2, -0.15) is 0 Å². The Morgan fingerprint density at radius 3 is 2.17 bits per heavy atom. The molecule has 0 amide bonds. The van der Waals surface area contributed by atoms with Crippen molar-refractivity contribution in [3.8, 4) is 11.5 Å². The van der Waals surface area contributed by atoms with Crippen molar-refractivity contribution in [3.63, 3.8) is 0 Å². The zero-order valence-corrected chi connectivity index (χ0v) is 18.3. The van der Waals surface area contributed by atoms with E-state index >= 15 is 0 Å². The smallest absolute Gasteiger partial charge is 0.191 e. The third kappa shape index (κ3) is 7.66. The number of ether oxygens (including phenoxy) is 2. The Kier molecular flexibility index (Phi) is 9.31. The Balaban J connectivity index is 1.90. The van der Waals surface area contributed by atoms with Crippen molar-refractivity contribution in [1.29, 1.82) is 0 Å². The van der Waals surface area contributed by atoms with Gasteiger partial charge in [-0.3, -0.25) is 0 Å². The number of nitrogens with one attached hydrogen (secondary N) is 2. The lowest BCUT2D eigenvalue weighted by molar-refractivity contribution is 0.354. The van der Waals surface area contributed by atoms with E-state index in [0.717, 1.165) is 43.5 Å². The summed E-state index contributed by atoms with van der Waals surface area (Å²) >= 11 is 0. The minimum absolute atomic E-state index is 0.647. The fourth-order valence-corrected chi connectivity index (χ4v) is 2.99. The first-order chi connectivity index (χ1) is 14.0. The summed E-state index contributed by atoms with van der Waals surface area (Å²) < 4.78 is 10.7. The minimum atomic E-state index is 0.647. The molecule has 0 saturated heterocycles. The van der Waals surface area contributed by atoms with Crippen molar-refractivity contribution in [2.45, 2.75) is 26.4 Å². The van der Waals surface area contributed by atoms with Gasteiger partial charge in [0.2, 0.25) is 0 Å². The van der Waals surface area contributed by atoms with Crippen molar-refractivity contribution in [2.75, 3.05) is 41.4 Å². The summed E-state index contributed by atoms with van der Waals surface area (Å²) in [5, 5.41) is 6.71. The van der Waals surface area contributed by atoms with Crippen molar-refractivity contribution < 1.29 is 9.47 Å². The Labute approximate surface area is 174 Å². The monoisotopic (exact) mass is 398 g/mol. The second-order valence-electron chi connectivity index (χ2n) is 7.12. The van der Waals surface area contributed by atoms with E-state index in [1.165, 1.54) is 16.7 Å². The van der Waals surface area contributed by atoms with Gasteiger partial charge in [0, 0.05) is 19.6 Å². The van der Waals surface area contributed by atoms with Gasteiger partial charge in [-0.25, -0.2) is 4.99 Å². The Hall–Kier alpha value is -2.73. The van der Waals surface area contributed by atoms with E-state index in [-0.39, 0.29) is 0 Å². The predicted molar refractivity (Wildman–Crippen MR) is 120 cm³/mol. The van der Waals surface area contributed by atoms with Crippen LogP contribution in [0, 0.1) is 0 Å². The molecular weight excluding hydrogens is 364 g/mol. The van der Waals surface area contributed by atoms with Gasteiger partial charge >= 0.3 is 0 Å². The van der Waals surface area contributed by atoms with E-state index in [1.807, 2.05) is 12.1 Å². The molecule has 0 radical (unpaired) electrons. The molecule has 2 rings (SSSR count). The van der Waals surface area contributed by atoms with Gasteiger partial charge in [0.05, 0.1) is 20.8 Å². The second-order valence-corrected chi connectivity index (χ2v) is 7.12. The van der Waals surface area contributed by atoms with Gasteiger partial charge in [0.25, 0.3) is 0 Å². The summed E-state index contributed by atoms with van der Waals surface area (Å²) in [6.45, 7) is 5.27. The summed E-state index contributed by atoms with van der Waals surface area (Å²) in [4.78, 5) is 6.87. The Morgan fingerprint density at radius 2 is 1.55 bits per heavy atom. The van der Waals surface area contributed by atoms with E-state index < -0.39 is 0 Å². The van der Waals surface area contributed by atoms with Crippen LogP contribution in [0.4, 0.5) is 0 Å². The summed E-state index contributed by atoms with van der Waals surface area (Å²) in [5.74, 6) is 2.32. The van der Waals surface area contributed by atoms with Crippen LogP contribution in [0.3, 0.4) is 0 Å². The molecule has 0 aliphatic rings. The number of hydrogen-bond acceptors (Lipinski definition) is 4. The van der Waals surface area contributed by atoms with Crippen molar-refractivity contribution in [3.05, 3.63) is 59.2 Å². The molecule has 0 aliphatic carbocycles. The molecule has 158 valence electrons. The van der Waals surface area contributed by atoms with Crippen LogP contribution in [-0.2, 0) is 19.5 Å². The van der Waals surface area contributed by atoms with Crippen LogP contribution >= 0.6 is 0 Å². The lowest BCUT2D eigenvalue weighted by Gasteiger charge is -2.13. The van der Waals surface area contributed by atoms with Gasteiger partial charge in [-0.05, 0) is 56.3 Å². The first-order valence-electron chi connectivity index (χ1n) is 10.0. The van der Waals surface area contributed by atoms with Gasteiger partial charge in [-0.15, -0.1) is 0 Å². The molecule has 6 nitrogen and oxygen atoms in total. The molecule has 2 aromatic carbocycles. The van der Waals surface area contributed by atoms with Gasteiger partial charge < -0.3 is 25.0 Å². The van der Waals surface area contributed by atoms with Crippen LogP contribution in [0.25, 0.3) is 0 Å². The minimum Gasteiger partial charge on any atom is -0.493 e. The molecule has 0 unspecified atom stereocenters. The second kappa shape index (κ2) is 12.0. The number of rotatable bonds is 10. The zero-order chi connectivity index (χ0) is 21.1. The SMILES string of the molecule is CCNC(=NCc1ccc(CN(C)C)cc1)NCCc1ccc(OC)c(OC)c1. The molecule has 0 aromatic heterocycles. The molecule has 0 bridgehead atoms. The summed E-state index contributed by atoms with van der Waals surface area (Å²) in [7, 11) is 7.46. The maximum Gasteiger partial charge on any atom is 0.191 e. The fourth-order valence-electron chi connectivity index (χ4n) is 2.99. The van der Waals surface area contributed by atoms with Crippen LogP contribution in [-0.4, -0.2) is 52.3 Å². The molecule has 0 aliphatic heterocycles. The Morgan fingerprint density at radius 1 is 0.897 bits per heavy atom. The predicted octanol–water partition coefficient (Wildman–Crippen LogP) is 3.06. The van der Waals surface area contributed by atoms with Gasteiger partial charge in [0.1, 0.15) is 0 Å². The number of nitrogens with zero attached hydrogens (tertiary/aromatic N) is 2. The molecule has 6 heteroatoms. The van der Waals surface area contributed by atoms with E-state index in [2.05, 4.69) is 66.9 Å². The number of aliphatic imine (C=N–C) groups is 1. The molecule has 29 heavy (non-hydrogen) atoms. The van der Waals surface area contributed by atoms with Crippen LogP contribution in [0.2, 0.25) is 0 Å². The summed E-state index contributed by atoms with van der Waals surface area (Å²) in [6.07, 6.45) is 0.865. The standard InChI is InChI=1S/C23H34N4O2/c1-6-24-23(26-16-19-7-9-20(10-8-19)17-27(2)3)25-14-13-18-11-12-21(28-4)22(15-18)29-5/h7-12,15H,6,13-14,16-17H2,1-5H3,(H2,24,25,26). The maximum atomic E-state index is 5.38. The van der Waals surface area contributed by atoms with Crippen LogP contribution in [0.1, 0.15) is 23.6 Å². The van der Waals surface area contributed by atoms with Gasteiger partial charge in [0.15, 0.2) is 17.5 Å². The molecule has 0 heterocycles. The highest BCUT2D eigenvalue weighted by molar-refractivity contribution is 5.79. The molecular formula is C23H34N4O2. The normalized spacial score (nSPS) is 11.4. The van der Waals surface area contributed by atoms with E-state index in [0.29, 0.717) is 6.54 Å². The summed E-state index contributed by atoms with van der Waals surface area (Å²) in [6, 6.07) is 14.6. The molecule has 0 spiro atoms. The Bertz CT molecular complexity index is 773. The highest BCUT2D eigenvalue weighted by Gasteiger charge is 2.05. The first-order valence-corrected chi connectivity index (χ1v) is 10.0. The molecule has 2 N–H and O–H groups in total. The molecule has 0 fully saturated rings. The molecule has 0 atom stereocenters. The van der Waals surface area contributed by atoms with Crippen molar-refractivity contribution in [1.82, 2.24) is 15.5 Å². The van der Waals surface area contributed by atoms with Crippen LogP contribution < -0.4 is 20.1 Å². The third-order valence-corrected chi connectivity index (χ3v) is 4.44. The average molecular weight is 399 g/mol. The van der Waals surface area contributed by atoms with E-state index in [1.54, 1.807) is 14.2 Å². The highest BCUT2D eigenvalue weighted by atomic mass is 16.5. The summed E-state index contributed by atoms with van der Waals surface area (Å²) in [5.41, 5.74) is 3.69. The topological polar surface area (TPSA) is 58.1 Å². The lowest BCUT2D eigenvalue weighted by Crippen LogP contribution is -2.38. The average Bonchev–Trinajstić information content (AvgIpc) is 2.72. The zero-order valence-electron chi connectivity index (χ0n) is 18.3.